The molecule has 0 aliphatic heterocycles. The van der Waals surface area contributed by atoms with E-state index in [-0.39, 0.29) is 0 Å². The molecule has 0 spiro atoms. The summed E-state index contributed by atoms with van der Waals surface area (Å²) < 4.78 is 5.17. The van der Waals surface area contributed by atoms with Gasteiger partial charge < -0.3 is 10.1 Å². The van der Waals surface area contributed by atoms with Crippen LogP contribution < -0.4 is 10.1 Å². The van der Waals surface area contributed by atoms with Crippen LogP contribution in [0.4, 0.5) is 5.69 Å². The maximum atomic E-state index is 5.17. The minimum Gasteiger partial charge on any atom is -0.497 e. The first-order valence-electron chi connectivity index (χ1n) is 6.79. The molecule has 0 heterocycles. The van der Waals surface area contributed by atoms with Gasteiger partial charge in [-0.15, -0.1) is 0 Å². The van der Waals surface area contributed by atoms with Gasteiger partial charge in [0.25, 0.3) is 0 Å². The van der Waals surface area contributed by atoms with Crippen LogP contribution in [0.15, 0.2) is 24.3 Å². The highest BCUT2D eigenvalue weighted by Gasteiger charge is 2.10. The lowest BCUT2D eigenvalue weighted by Crippen LogP contribution is -2.20. The van der Waals surface area contributed by atoms with Crippen LogP contribution in [0.25, 0.3) is 0 Å². The highest BCUT2D eigenvalue weighted by atomic mass is 16.5. The normalized spacial score (nSPS) is 18.2. The molecule has 1 aliphatic carbocycles. The third-order valence-corrected chi connectivity index (χ3v) is 3.57. The van der Waals surface area contributed by atoms with E-state index in [0.29, 0.717) is 6.04 Å². The zero-order chi connectivity index (χ0) is 11.9. The monoisotopic (exact) mass is 233 g/mol. The van der Waals surface area contributed by atoms with Crippen molar-refractivity contribution in [3.63, 3.8) is 0 Å². The molecular formula is C15H23NO. The van der Waals surface area contributed by atoms with Crippen LogP contribution in [0.5, 0.6) is 5.75 Å². The average molecular weight is 233 g/mol. The van der Waals surface area contributed by atoms with Gasteiger partial charge in [-0.1, -0.05) is 32.1 Å². The van der Waals surface area contributed by atoms with Crippen LogP contribution in [0.2, 0.25) is 0 Å². The van der Waals surface area contributed by atoms with Gasteiger partial charge in [-0.05, 0) is 37.1 Å². The maximum Gasteiger partial charge on any atom is 0.119 e. The Morgan fingerprint density at radius 2 is 1.53 bits per heavy atom. The van der Waals surface area contributed by atoms with Gasteiger partial charge in [-0.2, -0.15) is 0 Å². The van der Waals surface area contributed by atoms with E-state index in [9.17, 15) is 0 Å². The van der Waals surface area contributed by atoms with Gasteiger partial charge in [0, 0.05) is 11.7 Å². The van der Waals surface area contributed by atoms with Crippen molar-refractivity contribution >= 4 is 5.69 Å². The molecule has 2 heteroatoms. The number of benzene rings is 1. The lowest BCUT2D eigenvalue weighted by molar-refractivity contribution is 0.415. The number of anilines is 1. The van der Waals surface area contributed by atoms with E-state index in [2.05, 4.69) is 17.4 Å². The summed E-state index contributed by atoms with van der Waals surface area (Å²) in [6.45, 7) is 0. The van der Waals surface area contributed by atoms with Crippen molar-refractivity contribution in [1.29, 1.82) is 0 Å². The van der Waals surface area contributed by atoms with Crippen LogP contribution in [-0.2, 0) is 0 Å². The summed E-state index contributed by atoms with van der Waals surface area (Å²) in [6, 6.07) is 8.91. The molecule has 1 N–H and O–H groups in total. The van der Waals surface area contributed by atoms with Gasteiger partial charge in [0.15, 0.2) is 0 Å². The minimum atomic E-state index is 0.656. The average Bonchev–Trinajstić information content (AvgIpc) is 2.33. The van der Waals surface area contributed by atoms with Gasteiger partial charge in [0.2, 0.25) is 0 Å². The van der Waals surface area contributed by atoms with E-state index in [0.717, 1.165) is 5.75 Å². The van der Waals surface area contributed by atoms with E-state index in [4.69, 9.17) is 4.74 Å². The molecular weight excluding hydrogens is 210 g/mol. The van der Waals surface area contributed by atoms with Crippen molar-refractivity contribution < 1.29 is 4.74 Å². The molecule has 2 rings (SSSR count). The zero-order valence-electron chi connectivity index (χ0n) is 10.7. The van der Waals surface area contributed by atoms with Gasteiger partial charge >= 0.3 is 0 Å². The molecule has 17 heavy (non-hydrogen) atoms. The fourth-order valence-corrected chi connectivity index (χ4v) is 2.52. The smallest absolute Gasteiger partial charge is 0.119 e. The fourth-order valence-electron chi connectivity index (χ4n) is 2.52. The third-order valence-electron chi connectivity index (χ3n) is 3.57. The van der Waals surface area contributed by atoms with Gasteiger partial charge in [-0.3, -0.25) is 0 Å². The predicted octanol–water partition coefficient (Wildman–Crippen LogP) is 4.22. The summed E-state index contributed by atoms with van der Waals surface area (Å²) in [5.74, 6) is 0.924. The molecule has 1 aromatic carbocycles. The van der Waals surface area contributed by atoms with Crippen molar-refractivity contribution in [1.82, 2.24) is 0 Å². The SMILES string of the molecule is COc1ccc(NC2CCCCCCC2)cc1. The molecule has 0 atom stereocenters. The van der Waals surface area contributed by atoms with E-state index in [1.807, 2.05) is 12.1 Å². The molecule has 1 saturated carbocycles. The van der Waals surface area contributed by atoms with Gasteiger partial charge in [0.05, 0.1) is 7.11 Å². The molecule has 0 amide bonds. The number of rotatable bonds is 3. The molecule has 0 radical (unpaired) electrons. The van der Waals surface area contributed by atoms with Gasteiger partial charge in [0.1, 0.15) is 5.75 Å². The van der Waals surface area contributed by atoms with Crippen LogP contribution in [0.3, 0.4) is 0 Å². The van der Waals surface area contributed by atoms with Crippen LogP contribution in [0.1, 0.15) is 44.9 Å². The van der Waals surface area contributed by atoms with Crippen molar-refractivity contribution in [3.8, 4) is 5.75 Å². The molecule has 0 saturated heterocycles. The van der Waals surface area contributed by atoms with E-state index in [1.165, 1.54) is 50.6 Å². The molecule has 94 valence electrons. The fraction of sp³-hybridized carbons (Fsp3) is 0.600. The lowest BCUT2D eigenvalue weighted by atomic mass is 9.96. The minimum absolute atomic E-state index is 0.656. The summed E-state index contributed by atoms with van der Waals surface area (Å²) in [5.41, 5.74) is 1.22. The Morgan fingerprint density at radius 3 is 2.12 bits per heavy atom. The predicted molar refractivity (Wildman–Crippen MR) is 72.7 cm³/mol. The largest absolute Gasteiger partial charge is 0.497 e. The quantitative estimate of drug-likeness (QED) is 0.844. The number of nitrogens with one attached hydrogen (secondary N) is 1. The number of methoxy groups -OCH3 is 1. The summed E-state index contributed by atoms with van der Waals surface area (Å²) >= 11 is 0. The highest BCUT2D eigenvalue weighted by molar-refractivity contribution is 5.47. The van der Waals surface area contributed by atoms with E-state index in [1.54, 1.807) is 7.11 Å². The van der Waals surface area contributed by atoms with E-state index >= 15 is 0 Å². The number of ether oxygens (including phenoxy) is 1. The second-order valence-corrected chi connectivity index (χ2v) is 4.91. The second kappa shape index (κ2) is 6.53. The topological polar surface area (TPSA) is 21.3 Å². The molecule has 1 fully saturated rings. The summed E-state index contributed by atoms with van der Waals surface area (Å²) in [5, 5.41) is 3.64. The molecule has 0 bridgehead atoms. The molecule has 2 nitrogen and oxygen atoms in total. The Balaban J connectivity index is 1.88. The highest BCUT2D eigenvalue weighted by Crippen LogP contribution is 2.22. The lowest BCUT2D eigenvalue weighted by Gasteiger charge is -2.22. The first-order valence-corrected chi connectivity index (χ1v) is 6.79. The maximum absolute atomic E-state index is 5.17. The summed E-state index contributed by atoms with van der Waals surface area (Å²) in [6.07, 6.45) is 9.59. The summed E-state index contributed by atoms with van der Waals surface area (Å²) in [7, 11) is 1.71. The molecule has 1 aromatic rings. The first-order chi connectivity index (χ1) is 8.38. The van der Waals surface area contributed by atoms with Crippen molar-refractivity contribution in [2.45, 2.75) is 51.0 Å². The van der Waals surface area contributed by atoms with Gasteiger partial charge in [-0.25, -0.2) is 0 Å². The number of hydrogen-bond acceptors (Lipinski definition) is 2. The molecule has 0 unspecified atom stereocenters. The second-order valence-electron chi connectivity index (χ2n) is 4.91. The Kier molecular flexibility index (Phi) is 4.72. The van der Waals surface area contributed by atoms with Crippen LogP contribution >= 0.6 is 0 Å². The third kappa shape index (κ3) is 3.95. The summed E-state index contributed by atoms with van der Waals surface area (Å²) in [4.78, 5) is 0. The Bertz CT molecular complexity index is 312. The van der Waals surface area contributed by atoms with Crippen molar-refractivity contribution in [3.05, 3.63) is 24.3 Å². The Labute approximate surface area is 104 Å². The van der Waals surface area contributed by atoms with Crippen molar-refractivity contribution in [2.24, 2.45) is 0 Å². The van der Waals surface area contributed by atoms with Crippen LogP contribution in [0, 0.1) is 0 Å². The standard InChI is InChI=1S/C15H23NO/c1-17-15-11-9-14(10-12-15)16-13-7-5-3-2-4-6-8-13/h9-13,16H,2-8H2,1H3. The zero-order valence-corrected chi connectivity index (χ0v) is 10.7. The van der Waals surface area contributed by atoms with Crippen LogP contribution in [-0.4, -0.2) is 13.2 Å². The Morgan fingerprint density at radius 1 is 0.941 bits per heavy atom. The molecule has 1 aliphatic rings. The number of hydrogen-bond donors (Lipinski definition) is 1. The first kappa shape index (κ1) is 12.3. The van der Waals surface area contributed by atoms with E-state index < -0.39 is 0 Å². The Hall–Kier alpha value is -1.18. The van der Waals surface area contributed by atoms with Crippen molar-refractivity contribution in [2.75, 3.05) is 12.4 Å². The molecule has 0 aromatic heterocycles.